The van der Waals surface area contributed by atoms with Crippen LogP contribution in [-0.2, 0) is 13.0 Å². The van der Waals surface area contributed by atoms with Crippen molar-refractivity contribution >= 4 is 0 Å². The van der Waals surface area contributed by atoms with Gasteiger partial charge in [0.1, 0.15) is 5.75 Å². The average molecular weight is 242 g/mol. The highest BCUT2D eigenvalue weighted by atomic mass is 16.5. The first-order chi connectivity index (χ1) is 8.83. The number of pyridine rings is 1. The standard InChI is InChI=1S/C15H18N2O/c1-3-12-7-4-5-9-14(12)18-15-10-6-8-13(17-15)11-16-2/h4-10,16H,3,11H2,1-2H3. The Kier molecular flexibility index (Phi) is 4.31. The van der Waals surface area contributed by atoms with Crippen LogP contribution in [0.4, 0.5) is 0 Å². The zero-order valence-corrected chi connectivity index (χ0v) is 10.8. The van der Waals surface area contributed by atoms with E-state index in [-0.39, 0.29) is 0 Å². The number of nitrogens with zero attached hydrogens (tertiary/aromatic N) is 1. The lowest BCUT2D eigenvalue weighted by Gasteiger charge is -2.09. The molecule has 0 aliphatic carbocycles. The van der Waals surface area contributed by atoms with Gasteiger partial charge in [-0.2, -0.15) is 0 Å². The molecule has 0 atom stereocenters. The number of hydrogen-bond donors (Lipinski definition) is 1. The van der Waals surface area contributed by atoms with Crippen LogP contribution >= 0.6 is 0 Å². The molecular formula is C15H18N2O. The first-order valence-electron chi connectivity index (χ1n) is 6.19. The quantitative estimate of drug-likeness (QED) is 0.874. The highest BCUT2D eigenvalue weighted by Crippen LogP contribution is 2.24. The van der Waals surface area contributed by atoms with Gasteiger partial charge in [-0.15, -0.1) is 0 Å². The van der Waals surface area contributed by atoms with E-state index in [1.165, 1.54) is 5.56 Å². The molecule has 0 bridgehead atoms. The van der Waals surface area contributed by atoms with Crippen LogP contribution < -0.4 is 10.1 Å². The molecule has 0 radical (unpaired) electrons. The molecule has 0 saturated heterocycles. The summed E-state index contributed by atoms with van der Waals surface area (Å²) >= 11 is 0. The fourth-order valence-corrected chi connectivity index (χ4v) is 1.80. The van der Waals surface area contributed by atoms with Gasteiger partial charge in [0.15, 0.2) is 0 Å². The number of para-hydroxylation sites is 1. The van der Waals surface area contributed by atoms with Crippen molar-refractivity contribution in [3.63, 3.8) is 0 Å². The third-order valence-corrected chi connectivity index (χ3v) is 2.71. The summed E-state index contributed by atoms with van der Waals surface area (Å²) in [6.45, 7) is 2.86. The van der Waals surface area contributed by atoms with Crippen LogP contribution in [0, 0.1) is 0 Å². The molecular weight excluding hydrogens is 224 g/mol. The zero-order chi connectivity index (χ0) is 12.8. The van der Waals surface area contributed by atoms with Crippen molar-refractivity contribution in [3.05, 3.63) is 53.7 Å². The number of hydrogen-bond acceptors (Lipinski definition) is 3. The predicted octanol–water partition coefficient (Wildman–Crippen LogP) is 3.16. The highest BCUT2D eigenvalue weighted by molar-refractivity contribution is 5.36. The van der Waals surface area contributed by atoms with Crippen LogP contribution in [0.2, 0.25) is 0 Å². The molecule has 1 N–H and O–H groups in total. The number of nitrogens with one attached hydrogen (secondary N) is 1. The van der Waals surface area contributed by atoms with Crippen LogP contribution in [0.5, 0.6) is 11.6 Å². The molecule has 0 aliphatic rings. The molecule has 0 amide bonds. The van der Waals surface area contributed by atoms with Gasteiger partial charge in [-0.1, -0.05) is 31.2 Å². The van der Waals surface area contributed by atoms with Gasteiger partial charge < -0.3 is 10.1 Å². The fourth-order valence-electron chi connectivity index (χ4n) is 1.80. The number of rotatable bonds is 5. The molecule has 3 nitrogen and oxygen atoms in total. The third kappa shape index (κ3) is 3.08. The second-order valence-corrected chi connectivity index (χ2v) is 4.06. The van der Waals surface area contributed by atoms with Crippen LogP contribution in [0.15, 0.2) is 42.5 Å². The Bertz CT molecular complexity index is 511. The topological polar surface area (TPSA) is 34.1 Å². The first-order valence-corrected chi connectivity index (χ1v) is 6.19. The van der Waals surface area contributed by atoms with Crippen LogP contribution in [-0.4, -0.2) is 12.0 Å². The summed E-state index contributed by atoms with van der Waals surface area (Å²) in [5.74, 6) is 1.53. The lowest BCUT2D eigenvalue weighted by molar-refractivity contribution is 0.455. The van der Waals surface area contributed by atoms with Gasteiger partial charge in [-0.05, 0) is 31.2 Å². The van der Waals surface area contributed by atoms with Crippen LogP contribution in [0.25, 0.3) is 0 Å². The smallest absolute Gasteiger partial charge is 0.219 e. The Morgan fingerprint density at radius 1 is 1.11 bits per heavy atom. The van der Waals surface area contributed by atoms with Crippen LogP contribution in [0.1, 0.15) is 18.2 Å². The monoisotopic (exact) mass is 242 g/mol. The van der Waals surface area contributed by atoms with E-state index >= 15 is 0 Å². The molecule has 2 aromatic rings. The molecule has 0 spiro atoms. The summed E-state index contributed by atoms with van der Waals surface area (Å²) in [7, 11) is 1.90. The van der Waals surface area contributed by atoms with Crippen molar-refractivity contribution in [3.8, 4) is 11.6 Å². The van der Waals surface area contributed by atoms with E-state index < -0.39 is 0 Å². The molecule has 0 aliphatic heterocycles. The average Bonchev–Trinajstić information content (AvgIpc) is 2.40. The Balaban J connectivity index is 2.20. The van der Waals surface area contributed by atoms with Crippen molar-refractivity contribution < 1.29 is 4.74 Å². The van der Waals surface area contributed by atoms with E-state index in [2.05, 4.69) is 23.3 Å². The maximum absolute atomic E-state index is 5.85. The normalized spacial score (nSPS) is 10.3. The zero-order valence-electron chi connectivity index (χ0n) is 10.8. The molecule has 18 heavy (non-hydrogen) atoms. The van der Waals surface area contributed by atoms with E-state index in [9.17, 15) is 0 Å². The maximum Gasteiger partial charge on any atom is 0.219 e. The molecule has 1 heterocycles. The third-order valence-electron chi connectivity index (χ3n) is 2.71. The fraction of sp³-hybridized carbons (Fsp3) is 0.267. The number of aromatic nitrogens is 1. The minimum Gasteiger partial charge on any atom is -0.439 e. The molecule has 3 heteroatoms. The second-order valence-electron chi connectivity index (χ2n) is 4.06. The number of aryl methyl sites for hydroxylation is 1. The van der Waals surface area contributed by atoms with Crippen molar-refractivity contribution in [2.24, 2.45) is 0 Å². The van der Waals surface area contributed by atoms with Crippen molar-refractivity contribution in [1.82, 2.24) is 10.3 Å². The van der Waals surface area contributed by atoms with E-state index in [4.69, 9.17) is 4.74 Å². The minimum atomic E-state index is 0.642. The SMILES string of the molecule is CCc1ccccc1Oc1cccc(CNC)n1. The number of benzene rings is 1. The van der Waals surface area contributed by atoms with Crippen molar-refractivity contribution in [2.75, 3.05) is 7.05 Å². The molecule has 2 rings (SSSR count). The van der Waals surface area contributed by atoms with E-state index in [0.717, 1.165) is 24.4 Å². The van der Waals surface area contributed by atoms with Gasteiger partial charge in [-0.25, -0.2) is 4.98 Å². The summed E-state index contributed by atoms with van der Waals surface area (Å²) < 4.78 is 5.85. The van der Waals surface area contributed by atoms with Gasteiger partial charge in [0.05, 0.1) is 5.69 Å². The predicted molar refractivity (Wildman–Crippen MR) is 72.9 cm³/mol. The van der Waals surface area contributed by atoms with Crippen LogP contribution in [0.3, 0.4) is 0 Å². The van der Waals surface area contributed by atoms with Crippen molar-refractivity contribution in [2.45, 2.75) is 19.9 Å². The summed E-state index contributed by atoms with van der Waals surface area (Å²) in [6.07, 6.45) is 0.951. The number of ether oxygens (including phenoxy) is 1. The molecule has 0 saturated carbocycles. The van der Waals surface area contributed by atoms with Gasteiger partial charge in [-0.3, -0.25) is 0 Å². The van der Waals surface area contributed by atoms with Gasteiger partial charge >= 0.3 is 0 Å². The largest absolute Gasteiger partial charge is 0.439 e. The first kappa shape index (κ1) is 12.6. The molecule has 0 unspecified atom stereocenters. The highest BCUT2D eigenvalue weighted by Gasteiger charge is 2.04. The minimum absolute atomic E-state index is 0.642. The lowest BCUT2D eigenvalue weighted by Crippen LogP contribution is -2.07. The molecule has 94 valence electrons. The summed E-state index contributed by atoms with van der Waals surface area (Å²) in [5, 5.41) is 3.08. The van der Waals surface area contributed by atoms with Gasteiger partial charge in [0.2, 0.25) is 5.88 Å². The summed E-state index contributed by atoms with van der Waals surface area (Å²) in [5.41, 5.74) is 2.17. The Morgan fingerprint density at radius 3 is 2.72 bits per heavy atom. The van der Waals surface area contributed by atoms with Crippen molar-refractivity contribution in [1.29, 1.82) is 0 Å². The van der Waals surface area contributed by atoms with Gasteiger partial charge in [0.25, 0.3) is 0 Å². The Labute approximate surface area is 108 Å². The Hall–Kier alpha value is -1.87. The Morgan fingerprint density at radius 2 is 1.94 bits per heavy atom. The van der Waals surface area contributed by atoms with E-state index in [1.54, 1.807) is 0 Å². The lowest BCUT2D eigenvalue weighted by atomic mass is 10.1. The molecule has 0 fully saturated rings. The second kappa shape index (κ2) is 6.17. The van der Waals surface area contributed by atoms with Gasteiger partial charge in [0, 0.05) is 12.6 Å². The van der Waals surface area contributed by atoms with E-state index in [0.29, 0.717) is 5.88 Å². The van der Waals surface area contributed by atoms with E-state index in [1.807, 2.05) is 43.4 Å². The summed E-state index contributed by atoms with van der Waals surface area (Å²) in [4.78, 5) is 4.45. The molecule has 1 aromatic carbocycles. The molecule has 1 aromatic heterocycles. The maximum atomic E-state index is 5.85. The summed E-state index contributed by atoms with van der Waals surface area (Å²) in [6, 6.07) is 13.9.